The number of fused-ring (bicyclic) bond motifs is 9. The first-order valence-corrected chi connectivity index (χ1v) is 21.4. The summed E-state index contributed by atoms with van der Waals surface area (Å²) in [7, 11) is 2.50. The number of benzene rings is 7. The Morgan fingerprint density at radius 1 is 0.525 bits per heavy atom. The summed E-state index contributed by atoms with van der Waals surface area (Å²) in [5.74, 6) is 0. The SMILES string of the molecule is CCc1ccc(N2c3cc4c(cc3[B]c3c(-c5cccc6c7c([nH]c56)-c5ccccc5C7(C)C)cc(C)cc32)C(C)(C)c2ccccc2C4(C)C)c(-c2ccccc2)c1. The van der Waals surface area contributed by atoms with Crippen molar-refractivity contribution in [1.29, 1.82) is 0 Å². The predicted molar refractivity (Wildman–Crippen MR) is 251 cm³/mol. The smallest absolute Gasteiger partial charge is 0.197 e. The Morgan fingerprint density at radius 3 is 1.92 bits per heavy atom. The Labute approximate surface area is 350 Å². The molecule has 2 aliphatic carbocycles. The minimum absolute atomic E-state index is 0.104. The Bertz CT molecular complexity index is 3050. The quantitative estimate of drug-likeness (QED) is 0.177. The second-order valence-electron chi connectivity index (χ2n) is 18.8. The third-order valence-corrected chi connectivity index (χ3v) is 14.3. The normalized spacial score (nSPS) is 16.0. The second kappa shape index (κ2) is 12.5. The van der Waals surface area contributed by atoms with Gasteiger partial charge in [-0.1, -0.05) is 169 Å². The Morgan fingerprint density at radius 2 is 1.19 bits per heavy atom. The van der Waals surface area contributed by atoms with E-state index in [-0.39, 0.29) is 16.2 Å². The summed E-state index contributed by atoms with van der Waals surface area (Å²) >= 11 is 0. The molecule has 0 spiro atoms. The minimum Gasteiger partial charge on any atom is -0.354 e. The van der Waals surface area contributed by atoms with Crippen LogP contribution in [0.1, 0.15) is 93.0 Å². The van der Waals surface area contributed by atoms with Gasteiger partial charge in [-0.15, -0.1) is 0 Å². The van der Waals surface area contributed by atoms with Gasteiger partial charge in [0.1, 0.15) is 0 Å². The van der Waals surface area contributed by atoms with E-state index in [2.05, 4.69) is 212 Å². The van der Waals surface area contributed by atoms with Crippen LogP contribution in [0.2, 0.25) is 0 Å². The lowest BCUT2D eigenvalue weighted by Crippen LogP contribution is -2.44. The van der Waals surface area contributed by atoms with Gasteiger partial charge in [-0.25, -0.2) is 0 Å². The van der Waals surface area contributed by atoms with Gasteiger partial charge in [0.15, 0.2) is 7.28 Å². The molecule has 2 nitrogen and oxygen atoms in total. The molecular weight excluding hydrogens is 711 g/mol. The van der Waals surface area contributed by atoms with E-state index >= 15 is 0 Å². The van der Waals surface area contributed by atoms with Gasteiger partial charge < -0.3 is 9.88 Å². The summed E-state index contributed by atoms with van der Waals surface area (Å²) in [5, 5.41) is 1.31. The highest BCUT2D eigenvalue weighted by atomic mass is 15.2. The summed E-state index contributed by atoms with van der Waals surface area (Å²) in [6, 6.07) is 53.0. The van der Waals surface area contributed by atoms with Crippen LogP contribution >= 0.6 is 0 Å². The monoisotopic (exact) mass is 761 g/mol. The number of H-pyrrole nitrogens is 1. The number of anilines is 3. The number of aryl methyl sites for hydroxylation is 2. The lowest BCUT2D eigenvalue weighted by atomic mass is 9.54. The van der Waals surface area contributed by atoms with E-state index in [4.69, 9.17) is 0 Å². The van der Waals surface area contributed by atoms with Crippen molar-refractivity contribution >= 4 is 46.2 Å². The van der Waals surface area contributed by atoms with Gasteiger partial charge in [0.2, 0.25) is 0 Å². The molecule has 1 radical (unpaired) electrons. The van der Waals surface area contributed by atoms with Crippen LogP contribution in [0.5, 0.6) is 0 Å². The molecule has 1 aliphatic heterocycles. The molecular formula is C56H50BN2. The van der Waals surface area contributed by atoms with E-state index in [0.717, 1.165) is 6.42 Å². The third kappa shape index (κ3) is 5.00. The Balaban J connectivity index is 1.20. The van der Waals surface area contributed by atoms with Crippen LogP contribution in [0.4, 0.5) is 17.1 Å². The number of hydrogen-bond donors (Lipinski definition) is 1. The average Bonchev–Trinajstić information content (AvgIpc) is 3.75. The van der Waals surface area contributed by atoms with Gasteiger partial charge in [0.25, 0.3) is 0 Å². The number of nitrogens with one attached hydrogen (secondary N) is 1. The van der Waals surface area contributed by atoms with Crippen molar-refractivity contribution in [2.24, 2.45) is 0 Å². The fraction of sp³-hybridized carbons (Fsp3) is 0.214. The Kier molecular flexibility index (Phi) is 7.63. The molecule has 0 bridgehead atoms. The van der Waals surface area contributed by atoms with Gasteiger partial charge >= 0.3 is 0 Å². The molecule has 1 aromatic heterocycles. The molecule has 0 unspecified atom stereocenters. The summed E-state index contributed by atoms with van der Waals surface area (Å²) in [6.07, 6.45) is 0.978. The largest absolute Gasteiger partial charge is 0.354 e. The first-order valence-electron chi connectivity index (χ1n) is 21.4. The summed E-state index contributed by atoms with van der Waals surface area (Å²) in [5.41, 5.74) is 25.4. The van der Waals surface area contributed by atoms with Gasteiger partial charge in [0, 0.05) is 49.7 Å². The maximum atomic E-state index is 4.03. The van der Waals surface area contributed by atoms with E-state index in [0.29, 0.717) is 0 Å². The molecule has 59 heavy (non-hydrogen) atoms. The highest BCUT2D eigenvalue weighted by Gasteiger charge is 2.44. The van der Waals surface area contributed by atoms with Crippen LogP contribution in [-0.4, -0.2) is 12.3 Å². The molecule has 0 fully saturated rings. The van der Waals surface area contributed by atoms with Crippen LogP contribution in [-0.2, 0) is 22.7 Å². The van der Waals surface area contributed by atoms with Crippen LogP contribution in [0.3, 0.4) is 0 Å². The average molecular weight is 762 g/mol. The first-order chi connectivity index (χ1) is 28.4. The lowest BCUT2D eigenvalue weighted by Gasteiger charge is -2.46. The van der Waals surface area contributed by atoms with Crippen LogP contribution in [0, 0.1) is 6.92 Å². The number of aromatic amines is 1. The molecule has 2 heterocycles. The maximum absolute atomic E-state index is 4.03. The van der Waals surface area contributed by atoms with E-state index in [1.165, 1.54) is 117 Å². The molecule has 7 aromatic carbocycles. The molecule has 0 amide bonds. The standard InChI is InChI=1S/C56H50BN2/c1-9-34-26-27-47(39(30-34)35-18-11-10-12-19-35)59-48-32-45-44(54(3,4)42-24-15-16-25-43(42)55(45,5)6)31-46(48)57-51-40(28-33(2)29-49(51)59)36-21-17-22-38-50-53(58-52(36)38)37-20-13-14-23-41(37)56(50,7)8/h10-32,58H,9H2,1-8H3. The van der Waals surface area contributed by atoms with Gasteiger partial charge in [-0.3, -0.25) is 0 Å². The molecule has 8 aromatic rings. The van der Waals surface area contributed by atoms with E-state index in [9.17, 15) is 0 Å². The summed E-state index contributed by atoms with van der Waals surface area (Å²) in [4.78, 5) is 6.63. The van der Waals surface area contributed by atoms with E-state index < -0.39 is 0 Å². The highest BCUT2D eigenvalue weighted by molar-refractivity contribution is 6.73. The van der Waals surface area contributed by atoms with Gasteiger partial charge in [0.05, 0.1) is 16.9 Å². The van der Waals surface area contributed by atoms with Crippen molar-refractivity contribution in [3.05, 3.63) is 184 Å². The van der Waals surface area contributed by atoms with Crippen LogP contribution in [0.15, 0.2) is 140 Å². The molecule has 0 atom stereocenters. The van der Waals surface area contributed by atoms with Crippen molar-refractivity contribution in [2.75, 3.05) is 4.90 Å². The zero-order valence-electron chi connectivity index (χ0n) is 35.5. The highest BCUT2D eigenvalue weighted by Crippen LogP contribution is 2.54. The zero-order chi connectivity index (χ0) is 40.6. The predicted octanol–water partition coefficient (Wildman–Crippen LogP) is 13.1. The van der Waals surface area contributed by atoms with Crippen LogP contribution < -0.4 is 15.8 Å². The molecule has 0 saturated carbocycles. The number of para-hydroxylation sites is 1. The van der Waals surface area contributed by atoms with E-state index in [1.54, 1.807) is 0 Å². The fourth-order valence-electron chi connectivity index (χ4n) is 11.2. The van der Waals surface area contributed by atoms with E-state index in [1.807, 2.05) is 0 Å². The minimum atomic E-state index is -0.176. The first kappa shape index (κ1) is 36.1. The number of hydrogen-bond acceptors (Lipinski definition) is 1. The van der Waals surface area contributed by atoms with Gasteiger partial charge in [-0.2, -0.15) is 0 Å². The van der Waals surface area contributed by atoms with Crippen molar-refractivity contribution in [3.63, 3.8) is 0 Å². The fourth-order valence-corrected chi connectivity index (χ4v) is 11.2. The molecule has 1 N–H and O–H groups in total. The molecule has 3 heteroatoms. The molecule has 0 saturated heterocycles. The lowest BCUT2D eigenvalue weighted by molar-refractivity contribution is 0.521. The third-order valence-electron chi connectivity index (χ3n) is 14.3. The summed E-state index contributed by atoms with van der Waals surface area (Å²) in [6.45, 7) is 18.9. The number of aromatic nitrogens is 1. The van der Waals surface area contributed by atoms with Gasteiger partial charge in [-0.05, 0) is 98.7 Å². The number of rotatable bonds is 4. The van der Waals surface area contributed by atoms with Crippen molar-refractivity contribution in [1.82, 2.24) is 4.98 Å². The molecule has 287 valence electrons. The molecule has 11 rings (SSSR count). The molecule has 3 aliphatic rings. The second-order valence-corrected chi connectivity index (χ2v) is 18.8. The van der Waals surface area contributed by atoms with Crippen LogP contribution in [0.25, 0.3) is 44.4 Å². The Hall–Kier alpha value is -6.06. The zero-order valence-corrected chi connectivity index (χ0v) is 35.5. The maximum Gasteiger partial charge on any atom is 0.197 e. The summed E-state index contributed by atoms with van der Waals surface area (Å²) < 4.78 is 0. The number of nitrogens with zero attached hydrogens (tertiary/aromatic N) is 1. The topological polar surface area (TPSA) is 19.0 Å². The van der Waals surface area contributed by atoms with Crippen molar-refractivity contribution < 1.29 is 0 Å². The van der Waals surface area contributed by atoms with Crippen molar-refractivity contribution in [3.8, 4) is 33.5 Å². The van der Waals surface area contributed by atoms with Crippen molar-refractivity contribution in [2.45, 2.75) is 78.1 Å².